The van der Waals surface area contributed by atoms with Gasteiger partial charge >= 0.3 is 0 Å². The van der Waals surface area contributed by atoms with E-state index in [4.69, 9.17) is 9.47 Å². The molecule has 5 heteroatoms. The minimum Gasteiger partial charge on any atom is -0.490 e. The molecule has 2 fully saturated rings. The first kappa shape index (κ1) is 26.4. The van der Waals surface area contributed by atoms with E-state index in [2.05, 4.69) is 13.8 Å². The van der Waals surface area contributed by atoms with Gasteiger partial charge in [0, 0.05) is 25.2 Å². The van der Waals surface area contributed by atoms with Crippen LogP contribution in [-0.2, 0) is 10.4 Å². The van der Waals surface area contributed by atoms with Crippen LogP contribution in [0.4, 0.5) is 13.2 Å². The summed E-state index contributed by atoms with van der Waals surface area (Å²) in [7, 11) is 0. The van der Waals surface area contributed by atoms with Crippen LogP contribution in [-0.4, -0.2) is 19.8 Å². The zero-order valence-electron chi connectivity index (χ0n) is 20.7. The Morgan fingerprint density at radius 1 is 0.818 bits per heavy atom. The average Bonchev–Trinajstić information content (AvgIpc) is 2.82. The molecule has 0 aromatic heterocycles. The highest BCUT2D eigenvalue weighted by atomic mass is 19.2. The van der Waals surface area contributed by atoms with Crippen molar-refractivity contribution in [3.05, 3.63) is 29.3 Å². The molecule has 2 aliphatic carbocycles. The second-order valence-corrected chi connectivity index (χ2v) is 10.3. The smallest absolute Gasteiger partial charge is 0.201 e. The second-order valence-electron chi connectivity index (χ2n) is 10.3. The standard InChI is InChI=1S/C28H43F3O2/c1-3-5-18-32-19-6-20-33-25-13-12-24(26(29)27(25)30)28(31)16-14-23(15-17-28)22-10-8-21(7-4-2)9-11-22/h12-13,21-23H,3-11,14-20H2,1-2H3. The highest BCUT2D eigenvalue weighted by molar-refractivity contribution is 5.34. The molecule has 0 amide bonds. The lowest BCUT2D eigenvalue weighted by Gasteiger charge is -2.40. The Labute approximate surface area is 198 Å². The van der Waals surface area contributed by atoms with Gasteiger partial charge in [0.1, 0.15) is 5.67 Å². The number of halogens is 3. The lowest BCUT2D eigenvalue weighted by Crippen LogP contribution is -2.32. The quantitative estimate of drug-likeness (QED) is 0.286. The molecule has 2 aliphatic rings. The predicted octanol–water partition coefficient (Wildman–Crippen LogP) is 8.51. The van der Waals surface area contributed by atoms with Crippen LogP contribution in [0.5, 0.6) is 5.75 Å². The highest BCUT2D eigenvalue weighted by Crippen LogP contribution is 2.49. The van der Waals surface area contributed by atoms with Crippen LogP contribution in [0.15, 0.2) is 12.1 Å². The molecule has 0 heterocycles. The monoisotopic (exact) mass is 468 g/mol. The van der Waals surface area contributed by atoms with Crippen LogP contribution in [0.1, 0.15) is 103 Å². The molecular weight excluding hydrogens is 425 g/mol. The van der Waals surface area contributed by atoms with Gasteiger partial charge < -0.3 is 9.47 Å². The van der Waals surface area contributed by atoms with Crippen molar-refractivity contribution >= 4 is 0 Å². The molecule has 0 N–H and O–H groups in total. The normalized spacial score (nSPS) is 28.1. The lowest BCUT2D eigenvalue weighted by atomic mass is 9.67. The molecule has 1 aromatic rings. The van der Waals surface area contributed by atoms with E-state index in [0.717, 1.165) is 31.6 Å². The number of hydrogen-bond donors (Lipinski definition) is 0. The van der Waals surface area contributed by atoms with Crippen molar-refractivity contribution in [2.24, 2.45) is 17.8 Å². The number of ether oxygens (including phenoxy) is 2. The first-order valence-electron chi connectivity index (χ1n) is 13.4. The van der Waals surface area contributed by atoms with E-state index in [1.807, 2.05) is 0 Å². The maximum Gasteiger partial charge on any atom is 0.201 e. The van der Waals surface area contributed by atoms with Crippen molar-refractivity contribution in [2.45, 2.75) is 103 Å². The number of benzene rings is 1. The topological polar surface area (TPSA) is 18.5 Å². The number of unbranched alkanes of at least 4 members (excludes halogenated alkanes) is 1. The van der Waals surface area contributed by atoms with Crippen molar-refractivity contribution in [1.29, 1.82) is 0 Å². The Bertz CT molecular complexity index is 707. The molecule has 3 rings (SSSR count). The van der Waals surface area contributed by atoms with Crippen LogP contribution in [0, 0.1) is 29.4 Å². The van der Waals surface area contributed by atoms with Crippen LogP contribution >= 0.6 is 0 Å². The fourth-order valence-corrected chi connectivity index (χ4v) is 5.88. The van der Waals surface area contributed by atoms with Gasteiger partial charge in [0.15, 0.2) is 11.6 Å². The molecule has 33 heavy (non-hydrogen) atoms. The SMILES string of the molecule is CCCCOCCCOc1ccc(C2(F)CCC(C3CCC(CCC)CC3)CC2)c(F)c1F. The zero-order valence-corrected chi connectivity index (χ0v) is 20.7. The first-order valence-corrected chi connectivity index (χ1v) is 13.4. The van der Waals surface area contributed by atoms with E-state index in [0.29, 0.717) is 31.5 Å². The van der Waals surface area contributed by atoms with Gasteiger partial charge in [0.2, 0.25) is 5.82 Å². The second kappa shape index (κ2) is 13.0. The average molecular weight is 469 g/mol. The summed E-state index contributed by atoms with van der Waals surface area (Å²) in [6, 6.07) is 2.77. The van der Waals surface area contributed by atoms with Crippen molar-refractivity contribution in [3.63, 3.8) is 0 Å². The third-order valence-electron chi connectivity index (χ3n) is 7.94. The maximum absolute atomic E-state index is 15.8. The van der Waals surface area contributed by atoms with Gasteiger partial charge in [0.25, 0.3) is 0 Å². The molecule has 2 nitrogen and oxygen atoms in total. The van der Waals surface area contributed by atoms with E-state index in [1.54, 1.807) is 0 Å². The maximum atomic E-state index is 15.8. The summed E-state index contributed by atoms with van der Waals surface area (Å²) in [5.74, 6) is -0.259. The van der Waals surface area contributed by atoms with E-state index in [9.17, 15) is 8.78 Å². The summed E-state index contributed by atoms with van der Waals surface area (Å²) in [5.41, 5.74) is -1.92. The van der Waals surface area contributed by atoms with Crippen molar-refractivity contribution < 1.29 is 22.6 Å². The molecule has 2 saturated carbocycles. The van der Waals surface area contributed by atoms with E-state index in [1.165, 1.54) is 50.7 Å². The summed E-state index contributed by atoms with van der Waals surface area (Å²) >= 11 is 0. The predicted molar refractivity (Wildman–Crippen MR) is 127 cm³/mol. The van der Waals surface area contributed by atoms with Gasteiger partial charge in [-0.1, -0.05) is 46.0 Å². The fourth-order valence-electron chi connectivity index (χ4n) is 5.88. The molecule has 0 radical (unpaired) electrons. The van der Waals surface area contributed by atoms with Crippen molar-refractivity contribution in [1.82, 2.24) is 0 Å². The van der Waals surface area contributed by atoms with Crippen molar-refractivity contribution in [2.75, 3.05) is 19.8 Å². The minimum absolute atomic E-state index is 0.139. The summed E-state index contributed by atoms with van der Waals surface area (Å²) in [5, 5.41) is 0. The Balaban J connectivity index is 1.49. The van der Waals surface area contributed by atoms with Gasteiger partial charge in [-0.05, 0) is 74.8 Å². The van der Waals surface area contributed by atoms with Crippen LogP contribution < -0.4 is 4.74 Å². The molecular formula is C28H43F3O2. The molecule has 0 saturated heterocycles. The molecule has 0 aliphatic heterocycles. The minimum atomic E-state index is -1.79. The van der Waals surface area contributed by atoms with Gasteiger partial charge in [0.05, 0.1) is 6.61 Å². The fraction of sp³-hybridized carbons (Fsp3) is 0.786. The Morgan fingerprint density at radius 2 is 1.48 bits per heavy atom. The zero-order chi connectivity index (χ0) is 23.7. The molecule has 0 bridgehead atoms. The van der Waals surface area contributed by atoms with Crippen LogP contribution in [0.25, 0.3) is 0 Å². The molecule has 0 unspecified atom stereocenters. The van der Waals surface area contributed by atoms with Crippen molar-refractivity contribution in [3.8, 4) is 5.75 Å². The van der Waals surface area contributed by atoms with Crippen LogP contribution in [0.2, 0.25) is 0 Å². The van der Waals surface area contributed by atoms with E-state index < -0.39 is 17.3 Å². The van der Waals surface area contributed by atoms with Gasteiger partial charge in [-0.25, -0.2) is 8.78 Å². The van der Waals surface area contributed by atoms with Gasteiger partial charge in [-0.2, -0.15) is 4.39 Å². The molecule has 188 valence electrons. The Morgan fingerprint density at radius 3 is 2.15 bits per heavy atom. The first-order chi connectivity index (χ1) is 16.0. The number of alkyl halides is 1. The Hall–Kier alpha value is -1.23. The lowest BCUT2D eigenvalue weighted by molar-refractivity contribution is 0.0486. The van der Waals surface area contributed by atoms with E-state index >= 15 is 4.39 Å². The van der Waals surface area contributed by atoms with Gasteiger partial charge in [-0.15, -0.1) is 0 Å². The third kappa shape index (κ3) is 7.13. The highest BCUT2D eigenvalue weighted by Gasteiger charge is 2.42. The van der Waals surface area contributed by atoms with Crippen LogP contribution in [0.3, 0.4) is 0 Å². The molecule has 1 aromatic carbocycles. The van der Waals surface area contributed by atoms with E-state index in [-0.39, 0.29) is 30.8 Å². The molecule has 0 atom stereocenters. The summed E-state index contributed by atoms with van der Waals surface area (Å²) in [6.45, 7) is 5.81. The summed E-state index contributed by atoms with van der Waals surface area (Å²) in [6.07, 6.45) is 12.4. The summed E-state index contributed by atoms with van der Waals surface area (Å²) < 4.78 is 56.1. The molecule has 0 spiro atoms. The third-order valence-corrected chi connectivity index (χ3v) is 7.94. The Kier molecular flexibility index (Phi) is 10.4. The number of rotatable bonds is 12. The largest absolute Gasteiger partial charge is 0.490 e. The number of hydrogen-bond acceptors (Lipinski definition) is 2. The van der Waals surface area contributed by atoms with Gasteiger partial charge in [-0.3, -0.25) is 0 Å². The summed E-state index contributed by atoms with van der Waals surface area (Å²) in [4.78, 5) is 0.